The summed E-state index contributed by atoms with van der Waals surface area (Å²) in [4.78, 5) is 49.2. The van der Waals surface area contributed by atoms with E-state index in [0.29, 0.717) is 25.1 Å². The van der Waals surface area contributed by atoms with Crippen molar-refractivity contribution < 1.29 is 45.1 Å². The third-order valence-electron chi connectivity index (χ3n) is 5.39. The van der Waals surface area contributed by atoms with E-state index in [4.69, 9.17) is 21.9 Å². The van der Waals surface area contributed by atoms with Crippen molar-refractivity contribution in [2.24, 2.45) is 17.3 Å². The van der Waals surface area contributed by atoms with Crippen molar-refractivity contribution in [2.75, 3.05) is 36.5 Å². The zero-order valence-corrected chi connectivity index (χ0v) is 23.5. The Bertz CT molecular complexity index is 1260. The van der Waals surface area contributed by atoms with Crippen LogP contribution in [0.1, 0.15) is 29.6 Å². The Morgan fingerprint density at radius 2 is 1.34 bits per heavy atom. The first-order chi connectivity index (χ1) is 19.1. The van der Waals surface area contributed by atoms with Gasteiger partial charge in [-0.1, -0.05) is 0 Å². The van der Waals surface area contributed by atoms with Crippen molar-refractivity contribution in [1.29, 1.82) is 0 Å². The van der Waals surface area contributed by atoms with Gasteiger partial charge < -0.3 is 32.7 Å². The topological polar surface area (TPSA) is 315 Å². The molecule has 0 aliphatic carbocycles. The average molecular weight is 625 g/mol. The molecule has 1 aromatic rings. The van der Waals surface area contributed by atoms with Crippen molar-refractivity contribution in [2.45, 2.75) is 37.4 Å². The highest BCUT2D eigenvalue weighted by atomic mass is 32.2. The minimum atomic E-state index is -4.86. The number of hydrogen-bond donors (Lipinski definition) is 10. The number of amides is 4. The first kappa shape index (κ1) is 35.6. The maximum Gasteiger partial charge on any atom is 0.267 e. The molecule has 1 rings (SSSR count). The molecule has 3 atom stereocenters. The number of benzene rings is 1. The summed E-state index contributed by atoms with van der Waals surface area (Å²) in [5.74, 6) is -1.33. The molecule has 1 aromatic carbocycles. The highest BCUT2D eigenvalue weighted by Crippen LogP contribution is 2.09. The number of nitrogens with two attached hydrogens (primary N) is 3. The van der Waals surface area contributed by atoms with Crippen molar-refractivity contribution in [3.63, 3.8) is 0 Å². The van der Waals surface area contributed by atoms with E-state index in [0.717, 1.165) is 5.69 Å². The molecule has 0 saturated heterocycles. The molecule has 0 aliphatic rings. The summed E-state index contributed by atoms with van der Waals surface area (Å²) >= 11 is 0. The molecule has 0 heterocycles. The number of nitrogens with one attached hydrogen (secondary N) is 5. The van der Waals surface area contributed by atoms with Gasteiger partial charge >= 0.3 is 0 Å². The molecule has 0 bridgehead atoms. The third kappa shape index (κ3) is 14.7. The normalized spacial score (nSPS) is 13.9. The van der Waals surface area contributed by atoms with E-state index < -0.39 is 67.6 Å². The minimum Gasteiger partial charge on any atom is -0.384 e. The van der Waals surface area contributed by atoms with E-state index in [2.05, 4.69) is 16.0 Å². The number of carbonyl (C=O) groups is 4. The van der Waals surface area contributed by atoms with Crippen LogP contribution in [-0.4, -0.2) is 98.8 Å². The number of hydrogen-bond acceptors (Lipinski definition) is 12. The molecule has 0 spiro atoms. The number of hydrazine groups is 1. The van der Waals surface area contributed by atoms with Crippen molar-refractivity contribution in [1.82, 2.24) is 21.4 Å². The molecule has 4 amide bonds. The van der Waals surface area contributed by atoms with Crippen LogP contribution in [0, 0.1) is 0 Å². The molecule has 232 valence electrons. The maximum atomic E-state index is 12.7. The predicted octanol–water partition coefficient (Wildman–Crippen LogP) is -3.98. The fourth-order valence-corrected chi connectivity index (χ4v) is 4.69. The Morgan fingerprint density at radius 1 is 0.805 bits per heavy atom. The van der Waals surface area contributed by atoms with E-state index in [1.165, 1.54) is 0 Å². The Hall–Kier alpha value is -3.40. The second kappa shape index (κ2) is 16.8. The lowest BCUT2D eigenvalue weighted by atomic mass is 10.1. The van der Waals surface area contributed by atoms with Crippen LogP contribution in [-0.2, 0) is 34.6 Å². The van der Waals surface area contributed by atoms with Gasteiger partial charge in [-0.25, -0.2) is 5.43 Å². The van der Waals surface area contributed by atoms with Crippen molar-refractivity contribution in [3.05, 3.63) is 29.8 Å². The number of rotatable bonds is 19. The summed E-state index contributed by atoms with van der Waals surface area (Å²) in [5, 5.41) is 9.83. The monoisotopic (exact) mass is 624 g/mol. The average Bonchev–Trinajstić information content (AvgIpc) is 2.87. The van der Waals surface area contributed by atoms with E-state index in [9.17, 15) is 40.6 Å². The van der Waals surface area contributed by atoms with Crippen LogP contribution in [0.3, 0.4) is 0 Å². The Balaban J connectivity index is 2.70. The highest BCUT2D eigenvalue weighted by molar-refractivity contribution is 7.86. The van der Waals surface area contributed by atoms with E-state index in [1.807, 2.05) is 5.32 Å². The number of primary amides is 1. The van der Waals surface area contributed by atoms with Crippen LogP contribution in [0.2, 0.25) is 0 Å². The van der Waals surface area contributed by atoms with Gasteiger partial charge in [0.1, 0.15) is 29.6 Å². The van der Waals surface area contributed by atoms with Gasteiger partial charge in [0.05, 0.1) is 0 Å². The number of unbranched alkanes of at least 4 members (excludes halogenated alkanes) is 1. The second-order valence-electron chi connectivity index (χ2n) is 8.79. The largest absolute Gasteiger partial charge is 0.384 e. The van der Waals surface area contributed by atoms with Gasteiger partial charge in [-0.05, 0) is 43.5 Å². The lowest BCUT2D eigenvalue weighted by Gasteiger charge is -2.23. The molecule has 3 unspecified atom stereocenters. The fourth-order valence-electron chi connectivity index (χ4n) is 3.37. The number of anilines is 1. The Morgan fingerprint density at radius 3 is 1.85 bits per heavy atom. The molecular formula is C21H36N8O10S2. The Labute approximate surface area is 237 Å². The van der Waals surface area contributed by atoms with Crippen molar-refractivity contribution >= 4 is 49.6 Å². The third-order valence-corrected chi connectivity index (χ3v) is 6.90. The minimum absolute atomic E-state index is 0.0271. The van der Waals surface area contributed by atoms with Crippen LogP contribution in [0.4, 0.5) is 5.69 Å². The molecule has 41 heavy (non-hydrogen) atoms. The lowest BCUT2D eigenvalue weighted by molar-refractivity contribution is -0.131. The van der Waals surface area contributed by atoms with Gasteiger partial charge in [0.15, 0.2) is 0 Å². The standard InChI is InChI=1S/C21H36N8O10S2/c22-8-10-25-14-6-4-13(5-7-14)19(31)26-9-2-1-3-15(18(23)30)27-20(32)16(11-40(34,35)36)28-21(33)17(29-24)12-41(37,38)39/h4-7,15-17,25,29H,1-3,8-12,22,24H2,(H2,23,30)(H,26,31)(H,27,32)(H,28,33)(H,34,35,36)(H,37,38,39). The molecule has 0 radical (unpaired) electrons. The molecule has 18 nitrogen and oxygen atoms in total. The van der Waals surface area contributed by atoms with Crippen LogP contribution in [0.25, 0.3) is 0 Å². The summed E-state index contributed by atoms with van der Waals surface area (Å²) in [7, 11) is -9.57. The molecule has 13 N–H and O–H groups in total. The van der Waals surface area contributed by atoms with E-state index in [-0.39, 0.29) is 25.3 Å². The molecule has 0 saturated carbocycles. The lowest BCUT2D eigenvalue weighted by Crippen LogP contribution is -2.59. The zero-order chi connectivity index (χ0) is 31.2. The first-order valence-corrected chi connectivity index (χ1v) is 15.4. The summed E-state index contributed by atoms with van der Waals surface area (Å²) in [6.45, 7) is 1.25. The quantitative estimate of drug-likeness (QED) is 0.0304. The van der Waals surface area contributed by atoms with Crippen LogP contribution in [0.5, 0.6) is 0 Å². The zero-order valence-electron chi connectivity index (χ0n) is 21.9. The van der Waals surface area contributed by atoms with Gasteiger partial charge in [-0.2, -0.15) is 16.8 Å². The van der Waals surface area contributed by atoms with Crippen molar-refractivity contribution in [3.8, 4) is 0 Å². The fraction of sp³-hybridized carbons (Fsp3) is 0.524. The molecule has 0 aromatic heterocycles. The molecule has 0 aliphatic heterocycles. The summed E-state index contributed by atoms with van der Waals surface area (Å²) < 4.78 is 63.0. The van der Waals surface area contributed by atoms with Crippen LogP contribution >= 0.6 is 0 Å². The predicted molar refractivity (Wildman–Crippen MR) is 147 cm³/mol. The smallest absolute Gasteiger partial charge is 0.267 e. The number of carbonyl (C=O) groups excluding carboxylic acids is 4. The molecule has 0 fully saturated rings. The van der Waals surface area contributed by atoms with E-state index in [1.54, 1.807) is 29.7 Å². The molecular weight excluding hydrogens is 588 g/mol. The SMILES string of the molecule is NCCNc1ccc(C(=O)NCCCCC(NC(=O)C(CS(=O)(=O)O)NC(=O)C(CS(=O)(=O)O)NN)C(N)=O)cc1. The van der Waals surface area contributed by atoms with Gasteiger partial charge in [-0.3, -0.25) is 34.1 Å². The van der Waals surface area contributed by atoms with E-state index >= 15 is 0 Å². The van der Waals surface area contributed by atoms with Crippen LogP contribution in [0.15, 0.2) is 24.3 Å². The van der Waals surface area contributed by atoms with Gasteiger partial charge in [0.25, 0.3) is 26.1 Å². The second-order valence-corrected chi connectivity index (χ2v) is 11.8. The summed E-state index contributed by atoms with van der Waals surface area (Å²) in [5.41, 5.74) is 13.8. The Kier molecular flexibility index (Phi) is 14.6. The summed E-state index contributed by atoms with van der Waals surface area (Å²) in [6.07, 6.45) is 0.617. The van der Waals surface area contributed by atoms with Crippen LogP contribution < -0.4 is 44.0 Å². The maximum absolute atomic E-state index is 12.7. The first-order valence-electron chi connectivity index (χ1n) is 12.1. The van der Waals surface area contributed by atoms with Gasteiger partial charge in [0.2, 0.25) is 17.7 Å². The highest BCUT2D eigenvalue weighted by Gasteiger charge is 2.32. The van der Waals surface area contributed by atoms with Gasteiger partial charge in [-0.15, -0.1) is 0 Å². The molecule has 20 heteroatoms. The van der Waals surface area contributed by atoms with Gasteiger partial charge in [0, 0.05) is 30.9 Å². The summed E-state index contributed by atoms with van der Waals surface area (Å²) in [6, 6.07) is 1.59.